The summed E-state index contributed by atoms with van der Waals surface area (Å²) in [5.41, 5.74) is 1.15. The molecule has 0 saturated carbocycles. The largest absolute Gasteiger partial charge is 0.391 e. The molecular weight excluding hydrogens is 323 g/mol. The Bertz CT molecular complexity index is 944. The van der Waals surface area contributed by atoms with Gasteiger partial charge in [0.15, 0.2) is 5.65 Å². The lowest BCUT2D eigenvalue weighted by Crippen LogP contribution is -2.24. The zero-order valence-electron chi connectivity index (χ0n) is 12.9. The predicted octanol–water partition coefficient (Wildman–Crippen LogP) is 2.55. The summed E-state index contributed by atoms with van der Waals surface area (Å²) in [6.45, 7) is 2.89. The molecular formula is C15H14F3N5O. The minimum absolute atomic E-state index is 0.0272. The van der Waals surface area contributed by atoms with Crippen LogP contribution in [0.15, 0.2) is 29.5 Å². The number of hydrogen-bond donors (Lipinski definition) is 1. The lowest BCUT2D eigenvalue weighted by atomic mass is 10.1. The summed E-state index contributed by atoms with van der Waals surface area (Å²) in [6, 6.07) is 1.77. The maximum Gasteiger partial charge on any atom is 0.391 e. The fourth-order valence-electron chi connectivity index (χ4n) is 2.32. The van der Waals surface area contributed by atoms with Crippen molar-refractivity contribution in [2.75, 3.05) is 0 Å². The van der Waals surface area contributed by atoms with Crippen LogP contribution in [0.2, 0.25) is 0 Å². The lowest BCUT2D eigenvalue weighted by molar-refractivity contribution is -0.169. The molecule has 0 aliphatic heterocycles. The molecule has 3 aromatic heterocycles. The van der Waals surface area contributed by atoms with Gasteiger partial charge in [0.25, 0.3) is 5.56 Å². The van der Waals surface area contributed by atoms with Gasteiger partial charge >= 0.3 is 6.18 Å². The standard InChI is InChI=1S/C15H14F3N5O/c1-8-3-4-19-7-11(8)23-13-10(6-20-23)14(24)22-12(21-13)5-9(2)15(16,17)18/h3-4,6-7,9H,5H2,1-2H3,(H,21,22,24). The highest BCUT2D eigenvalue weighted by Gasteiger charge is 2.36. The average molecular weight is 337 g/mol. The minimum atomic E-state index is -4.35. The van der Waals surface area contributed by atoms with Crippen molar-refractivity contribution in [3.05, 3.63) is 46.4 Å². The first-order chi connectivity index (χ1) is 11.3. The van der Waals surface area contributed by atoms with Crippen molar-refractivity contribution in [3.63, 3.8) is 0 Å². The molecule has 9 heteroatoms. The van der Waals surface area contributed by atoms with Crippen LogP contribution in [0.25, 0.3) is 16.7 Å². The van der Waals surface area contributed by atoms with Crippen LogP contribution >= 0.6 is 0 Å². The lowest BCUT2D eigenvalue weighted by Gasteiger charge is -2.14. The number of aryl methyl sites for hydroxylation is 1. The van der Waals surface area contributed by atoms with Gasteiger partial charge in [-0.2, -0.15) is 18.3 Å². The Morgan fingerprint density at radius 3 is 2.75 bits per heavy atom. The van der Waals surface area contributed by atoms with Crippen molar-refractivity contribution in [3.8, 4) is 5.69 Å². The van der Waals surface area contributed by atoms with Crippen LogP contribution in [0.3, 0.4) is 0 Å². The van der Waals surface area contributed by atoms with Gasteiger partial charge in [0.2, 0.25) is 0 Å². The molecule has 3 heterocycles. The van der Waals surface area contributed by atoms with E-state index in [9.17, 15) is 18.0 Å². The molecule has 3 rings (SSSR count). The Morgan fingerprint density at radius 2 is 2.08 bits per heavy atom. The first-order valence-electron chi connectivity index (χ1n) is 7.22. The van der Waals surface area contributed by atoms with Crippen molar-refractivity contribution in [1.29, 1.82) is 0 Å². The van der Waals surface area contributed by atoms with Crippen molar-refractivity contribution < 1.29 is 13.2 Å². The van der Waals surface area contributed by atoms with E-state index in [4.69, 9.17) is 0 Å². The van der Waals surface area contributed by atoms with E-state index in [1.165, 1.54) is 10.9 Å². The summed E-state index contributed by atoms with van der Waals surface area (Å²) in [5.74, 6) is -1.64. The molecule has 0 radical (unpaired) electrons. The van der Waals surface area contributed by atoms with Gasteiger partial charge in [0.1, 0.15) is 11.2 Å². The van der Waals surface area contributed by atoms with E-state index in [2.05, 4.69) is 20.1 Å². The first-order valence-corrected chi connectivity index (χ1v) is 7.22. The van der Waals surface area contributed by atoms with Gasteiger partial charge in [-0.1, -0.05) is 6.92 Å². The molecule has 0 spiro atoms. The van der Waals surface area contributed by atoms with E-state index in [1.54, 1.807) is 18.5 Å². The highest BCUT2D eigenvalue weighted by molar-refractivity contribution is 5.75. The van der Waals surface area contributed by atoms with Crippen molar-refractivity contribution >= 4 is 11.0 Å². The number of aromatic amines is 1. The number of H-pyrrole nitrogens is 1. The van der Waals surface area contributed by atoms with Gasteiger partial charge < -0.3 is 4.98 Å². The molecule has 0 amide bonds. The molecule has 0 bridgehead atoms. The van der Waals surface area contributed by atoms with Crippen LogP contribution < -0.4 is 5.56 Å². The van der Waals surface area contributed by atoms with Crippen LogP contribution in [-0.4, -0.2) is 30.9 Å². The Hall–Kier alpha value is -2.71. The second-order valence-corrected chi connectivity index (χ2v) is 5.62. The van der Waals surface area contributed by atoms with Crippen LogP contribution in [0, 0.1) is 12.8 Å². The Balaban J connectivity index is 2.12. The maximum atomic E-state index is 12.7. The zero-order chi connectivity index (χ0) is 17.5. The summed E-state index contributed by atoms with van der Waals surface area (Å²) in [4.78, 5) is 22.7. The molecule has 126 valence electrons. The van der Waals surface area contributed by atoms with E-state index in [0.29, 0.717) is 5.69 Å². The molecule has 0 aromatic carbocycles. The van der Waals surface area contributed by atoms with Gasteiger partial charge in [-0.25, -0.2) is 9.67 Å². The molecule has 0 fully saturated rings. The zero-order valence-corrected chi connectivity index (χ0v) is 12.9. The van der Waals surface area contributed by atoms with Crippen molar-refractivity contribution in [2.45, 2.75) is 26.4 Å². The topological polar surface area (TPSA) is 76.5 Å². The van der Waals surface area contributed by atoms with E-state index in [1.807, 2.05) is 6.92 Å². The molecule has 1 unspecified atom stereocenters. The quantitative estimate of drug-likeness (QED) is 0.797. The Kier molecular flexibility index (Phi) is 3.86. The van der Waals surface area contributed by atoms with Gasteiger partial charge in [-0.15, -0.1) is 0 Å². The number of alkyl halides is 3. The number of pyridine rings is 1. The highest BCUT2D eigenvalue weighted by atomic mass is 19.4. The number of rotatable bonds is 3. The molecule has 1 atom stereocenters. The molecule has 6 nitrogen and oxygen atoms in total. The Labute approximate surface area is 134 Å². The molecule has 0 aliphatic carbocycles. The normalized spacial score (nSPS) is 13.4. The van der Waals surface area contributed by atoms with E-state index < -0.39 is 24.1 Å². The fourth-order valence-corrected chi connectivity index (χ4v) is 2.32. The van der Waals surface area contributed by atoms with Crippen LogP contribution in [-0.2, 0) is 6.42 Å². The molecule has 1 N–H and O–H groups in total. The molecule has 0 aliphatic rings. The first kappa shape index (κ1) is 16.2. The molecule has 3 aromatic rings. The van der Waals surface area contributed by atoms with Gasteiger partial charge in [0, 0.05) is 12.6 Å². The molecule has 0 saturated heterocycles. The average Bonchev–Trinajstić information content (AvgIpc) is 2.91. The minimum Gasteiger partial charge on any atom is -0.310 e. The number of aromatic nitrogens is 5. The van der Waals surface area contributed by atoms with E-state index in [-0.39, 0.29) is 16.9 Å². The number of hydrogen-bond acceptors (Lipinski definition) is 4. The van der Waals surface area contributed by atoms with E-state index >= 15 is 0 Å². The monoisotopic (exact) mass is 337 g/mol. The summed E-state index contributed by atoms with van der Waals surface area (Å²) >= 11 is 0. The second-order valence-electron chi connectivity index (χ2n) is 5.62. The number of nitrogens with zero attached hydrogens (tertiary/aromatic N) is 4. The molecule has 24 heavy (non-hydrogen) atoms. The third-order valence-corrected chi connectivity index (χ3v) is 3.79. The Morgan fingerprint density at radius 1 is 1.33 bits per heavy atom. The van der Waals surface area contributed by atoms with Crippen molar-refractivity contribution in [1.82, 2.24) is 24.7 Å². The van der Waals surface area contributed by atoms with Crippen LogP contribution in [0.5, 0.6) is 0 Å². The van der Waals surface area contributed by atoms with Crippen LogP contribution in [0.4, 0.5) is 13.2 Å². The van der Waals surface area contributed by atoms with Gasteiger partial charge in [-0.05, 0) is 18.6 Å². The summed E-state index contributed by atoms with van der Waals surface area (Å²) in [5, 5.41) is 4.34. The van der Waals surface area contributed by atoms with Gasteiger partial charge in [-0.3, -0.25) is 9.78 Å². The number of halogens is 3. The maximum absolute atomic E-state index is 12.7. The van der Waals surface area contributed by atoms with Crippen LogP contribution in [0.1, 0.15) is 18.3 Å². The van der Waals surface area contributed by atoms with Gasteiger partial charge in [0.05, 0.1) is 24.0 Å². The third kappa shape index (κ3) is 2.89. The number of nitrogens with one attached hydrogen (secondary N) is 1. The van der Waals surface area contributed by atoms with E-state index in [0.717, 1.165) is 12.5 Å². The summed E-state index contributed by atoms with van der Waals surface area (Å²) < 4.78 is 39.6. The highest BCUT2D eigenvalue weighted by Crippen LogP contribution is 2.28. The SMILES string of the molecule is Cc1ccncc1-n1ncc2c(=O)[nH]c(CC(C)C(F)(F)F)nc21. The number of fused-ring (bicyclic) bond motifs is 1. The second kappa shape index (κ2) is 5.73. The van der Waals surface area contributed by atoms with Crippen molar-refractivity contribution in [2.24, 2.45) is 5.92 Å². The third-order valence-electron chi connectivity index (χ3n) is 3.79. The predicted molar refractivity (Wildman–Crippen MR) is 80.9 cm³/mol. The smallest absolute Gasteiger partial charge is 0.310 e. The summed E-state index contributed by atoms with van der Waals surface area (Å²) in [6.07, 6.45) is -0.256. The fraction of sp³-hybridized carbons (Fsp3) is 0.333. The summed E-state index contributed by atoms with van der Waals surface area (Å²) in [7, 11) is 0.